The molecule has 1 unspecified atom stereocenters. The van der Waals surface area contributed by atoms with Crippen LogP contribution in [0, 0.1) is 0 Å². The van der Waals surface area contributed by atoms with Crippen molar-refractivity contribution in [2.75, 3.05) is 0 Å². The highest BCUT2D eigenvalue weighted by Crippen LogP contribution is 2.35. The van der Waals surface area contributed by atoms with Crippen molar-refractivity contribution >= 4 is 32.4 Å². The third-order valence-electron chi connectivity index (χ3n) is 3.61. The van der Waals surface area contributed by atoms with E-state index < -0.39 is 6.10 Å². The molecule has 98 valence electrons. The van der Waals surface area contributed by atoms with Crippen LogP contribution in [0.1, 0.15) is 17.2 Å². The smallest absolute Gasteiger partial charge is 0.134 e. The minimum absolute atomic E-state index is 0.666. The first-order valence-corrected chi connectivity index (χ1v) is 7.33. The number of para-hydroxylation sites is 1. The highest BCUT2D eigenvalue weighted by molar-refractivity contribution is 7.17. The maximum Gasteiger partial charge on any atom is 0.134 e. The second-order valence-corrected chi connectivity index (χ2v) is 5.69. The predicted molar refractivity (Wildman–Crippen MR) is 82.1 cm³/mol. The van der Waals surface area contributed by atoms with Crippen LogP contribution < -0.4 is 0 Å². The minimum atomic E-state index is -0.666. The molecule has 0 spiro atoms. The van der Waals surface area contributed by atoms with Gasteiger partial charge in [0.1, 0.15) is 11.7 Å². The van der Waals surface area contributed by atoms with E-state index in [1.54, 1.807) is 17.6 Å². The molecule has 0 radical (unpaired) electrons. The van der Waals surface area contributed by atoms with Crippen LogP contribution in [-0.4, -0.2) is 5.11 Å². The molecule has 2 nitrogen and oxygen atoms in total. The highest BCUT2D eigenvalue weighted by Gasteiger charge is 2.18. The van der Waals surface area contributed by atoms with Crippen LogP contribution in [0.5, 0.6) is 0 Å². The molecule has 4 rings (SSSR count). The van der Waals surface area contributed by atoms with Gasteiger partial charge >= 0.3 is 0 Å². The predicted octanol–water partition coefficient (Wildman–Crippen LogP) is 4.73. The third kappa shape index (κ3) is 1.68. The number of thiophene rings is 1. The third-order valence-corrected chi connectivity index (χ3v) is 4.59. The molecule has 20 heavy (non-hydrogen) atoms. The fourth-order valence-corrected chi connectivity index (χ4v) is 3.55. The molecule has 0 aliphatic rings. The van der Waals surface area contributed by atoms with Gasteiger partial charge in [0.05, 0.1) is 6.26 Å². The second-order valence-electron chi connectivity index (χ2n) is 4.78. The average Bonchev–Trinajstić information content (AvgIpc) is 3.12. The molecule has 3 heteroatoms. The number of fused-ring (bicyclic) bond motifs is 2. The van der Waals surface area contributed by atoms with Crippen molar-refractivity contribution in [1.82, 2.24) is 0 Å². The van der Waals surface area contributed by atoms with E-state index in [-0.39, 0.29) is 0 Å². The largest absolute Gasteiger partial charge is 0.464 e. The van der Waals surface area contributed by atoms with E-state index in [9.17, 15) is 5.11 Å². The first-order valence-electron chi connectivity index (χ1n) is 6.45. The summed E-state index contributed by atoms with van der Waals surface area (Å²) in [4.78, 5) is 0. The van der Waals surface area contributed by atoms with E-state index in [4.69, 9.17) is 4.42 Å². The molecule has 1 N–H and O–H groups in total. The van der Waals surface area contributed by atoms with Crippen LogP contribution >= 0.6 is 11.3 Å². The van der Waals surface area contributed by atoms with Crippen molar-refractivity contribution in [2.24, 2.45) is 0 Å². The van der Waals surface area contributed by atoms with Gasteiger partial charge in [-0.2, -0.15) is 0 Å². The normalized spacial score (nSPS) is 13.1. The Balaban J connectivity index is 1.92. The summed E-state index contributed by atoms with van der Waals surface area (Å²) in [5, 5.41) is 14.9. The number of aliphatic hydroxyl groups excluding tert-OH is 1. The number of aliphatic hydroxyl groups is 1. The quantitative estimate of drug-likeness (QED) is 0.576. The summed E-state index contributed by atoms with van der Waals surface area (Å²) in [6.45, 7) is 0. The van der Waals surface area contributed by atoms with Gasteiger partial charge in [0, 0.05) is 21.2 Å². The molecule has 4 aromatic rings. The van der Waals surface area contributed by atoms with Gasteiger partial charge in [0.25, 0.3) is 0 Å². The summed E-state index contributed by atoms with van der Waals surface area (Å²) < 4.78 is 6.66. The van der Waals surface area contributed by atoms with E-state index in [1.807, 2.05) is 41.8 Å². The van der Waals surface area contributed by atoms with Crippen LogP contribution in [0.25, 0.3) is 21.1 Å². The molecular formula is C17H12O2S. The Morgan fingerprint density at radius 1 is 0.950 bits per heavy atom. The lowest BCUT2D eigenvalue weighted by molar-refractivity contribution is 0.222. The Bertz CT molecular complexity index is 888. The number of rotatable bonds is 2. The van der Waals surface area contributed by atoms with E-state index in [2.05, 4.69) is 12.1 Å². The number of hydrogen-bond acceptors (Lipinski definition) is 3. The van der Waals surface area contributed by atoms with Crippen molar-refractivity contribution in [3.8, 4) is 0 Å². The molecule has 1 atom stereocenters. The van der Waals surface area contributed by atoms with Gasteiger partial charge in [-0.3, -0.25) is 0 Å². The van der Waals surface area contributed by atoms with E-state index in [0.717, 1.165) is 26.8 Å². The fraction of sp³-hybridized carbons (Fsp3) is 0.0588. The standard InChI is InChI=1S/C17H12O2S/c18-16(13-6-3-4-11-8-9-20-17(11)13)14-10-19-15-7-2-1-5-12(14)15/h1-10,16,18H. The number of furan rings is 1. The Labute approximate surface area is 119 Å². The molecule has 0 fully saturated rings. The van der Waals surface area contributed by atoms with Gasteiger partial charge in [-0.15, -0.1) is 11.3 Å². The Hall–Kier alpha value is -2.10. The van der Waals surface area contributed by atoms with Gasteiger partial charge in [-0.05, 0) is 22.9 Å². The SMILES string of the molecule is OC(c1coc2ccccc12)c1cccc2ccsc12. The molecule has 2 aromatic heterocycles. The zero-order valence-electron chi connectivity index (χ0n) is 10.6. The second kappa shape index (κ2) is 4.47. The molecule has 0 saturated carbocycles. The maximum absolute atomic E-state index is 10.7. The minimum Gasteiger partial charge on any atom is -0.464 e. The highest BCUT2D eigenvalue weighted by atomic mass is 32.1. The van der Waals surface area contributed by atoms with Gasteiger partial charge in [0.2, 0.25) is 0 Å². The summed E-state index contributed by atoms with van der Waals surface area (Å²) in [7, 11) is 0. The molecule has 0 amide bonds. The molecule has 2 aromatic carbocycles. The lowest BCUT2D eigenvalue weighted by atomic mass is 10.00. The molecule has 0 bridgehead atoms. The van der Waals surface area contributed by atoms with E-state index >= 15 is 0 Å². The monoisotopic (exact) mass is 280 g/mol. The number of hydrogen-bond donors (Lipinski definition) is 1. The zero-order valence-corrected chi connectivity index (χ0v) is 11.4. The van der Waals surface area contributed by atoms with Crippen molar-refractivity contribution < 1.29 is 9.52 Å². The van der Waals surface area contributed by atoms with Gasteiger partial charge in [-0.25, -0.2) is 0 Å². The van der Waals surface area contributed by atoms with E-state index in [0.29, 0.717) is 0 Å². The van der Waals surface area contributed by atoms with Gasteiger partial charge < -0.3 is 9.52 Å². The Morgan fingerprint density at radius 3 is 2.80 bits per heavy atom. The first kappa shape index (κ1) is 11.7. The summed E-state index contributed by atoms with van der Waals surface area (Å²) in [5.41, 5.74) is 2.56. The summed E-state index contributed by atoms with van der Waals surface area (Å²) in [6.07, 6.45) is 0.989. The van der Waals surface area contributed by atoms with Crippen molar-refractivity contribution in [2.45, 2.75) is 6.10 Å². The van der Waals surface area contributed by atoms with Crippen LogP contribution in [0.4, 0.5) is 0 Å². The average molecular weight is 280 g/mol. The lowest BCUT2D eigenvalue weighted by Gasteiger charge is -2.10. The van der Waals surface area contributed by atoms with Gasteiger partial charge in [-0.1, -0.05) is 36.4 Å². The Kier molecular flexibility index (Phi) is 2.62. The lowest BCUT2D eigenvalue weighted by Crippen LogP contribution is -1.98. The maximum atomic E-state index is 10.7. The summed E-state index contributed by atoms with van der Waals surface area (Å²) in [6, 6.07) is 15.9. The van der Waals surface area contributed by atoms with Crippen molar-refractivity contribution in [3.63, 3.8) is 0 Å². The summed E-state index contributed by atoms with van der Waals surface area (Å²) >= 11 is 1.65. The Morgan fingerprint density at radius 2 is 1.85 bits per heavy atom. The van der Waals surface area contributed by atoms with Crippen LogP contribution in [0.15, 0.2) is 64.6 Å². The summed E-state index contributed by atoms with van der Waals surface area (Å²) in [5.74, 6) is 0. The first-order chi connectivity index (χ1) is 9.84. The molecular weight excluding hydrogens is 268 g/mol. The molecule has 0 aliphatic heterocycles. The topological polar surface area (TPSA) is 33.4 Å². The van der Waals surface area contributed by atoms with Crippen LogP contribution in [0.3, 0.4) is 0 Å². The molecule has 0 aliphatic carbocycles. The van der Waals surface area contributed by atoms with Crippen molar-refractivity contribution in [3.05, 3.63) is 71.3 Å². The molecule has 0 saturated heterocycles. The van der Waals surface area contributed by atoms with Crippen molar-refractivity contribution in [1.29, 1.82) is 0 Å². The molecule has 2 heterocycles. The zero-order chi connectivity index (χ0) is 13.5. The van der Waals surface area contributed by atoms with Gasteiger partial charge in [0.15, 0.2) is 0 Å². The number of benzene rings is 2. The van der Waals surface area contributed by atoms with Crippen LogP contribution in [0.2, 0.25) is 0 Å². The van der Waals surface area contributed by atoms with E-state index in [1.165, 1.54) is 5.39 Å². The fourth-order valence-electron chi connectivity index (χ4n) is 2.61. The van der Waals surface area contributed by atoms with Crippen LogP contribution in [-0.2, 0) is 0 Å².